The molecule has 0 spiro atoms. The Balaban J connectivity index is 1.98. The van der Waals surface area contributed by atoms with Crippen LogP contribution < -0.4 is 5.32 Å². The molecule has 106 valence electrons. The highest BCUT2D eigenvalue weighted by Gasteiger charge is 2.11. The summed E-state index contributed by atoms with van der Waals surface area (Å²) in [5.74, 6) is 0.322. The van der Waals surface area contributed by atoms with Crippen molar-refractivity contribution >= 4 is 0 Å². The normalized spacial score (nSPS) is 13.9. The van der Waals surface area contributed by atoms with Crippen molar-refractivity contribution in [2.45, 2.75) is 39.3 Å². The van der Waals surface area contributed by atoms with Gasteiger partial charge in [0, 0.05) is 12.1 Å². The molecule has 0 aliphatic rings. The lowest BCUT2D eigenvalue weighted by molar-refractivity contribution is 0.461. The first-order valence-electron chi connectivity index (χ1n) is 7.15. The van der Waals surface area contributed by atoms with Crippen LogP contribution in [0.1, 0.15) is 36.6 Å². The zero-order valence-electron chi connectivity index (χ0n) is 12.4. The molecule has 0 bridgehead atoms. The number of hydrogen-bond acceptors (Lipinski definition) is 2. The second kappa shape index (κ2) is 6.58. The molecule has 2 N–H and O–H groups in total. The molecule has 2 rings (SSSR count). The van der Waals surface area contributed by atoms with Crippen molar-refractivity contribution < 1.29 is 5.11 Å². The Morgan fingerprint density at radius 3 is 2.50 bits per heavy atom. The molecule has 0 fully saturated rings. The van der Waals surface area contributed by atoms with Gasteiger partial charge in [0.15, 0.2) is 0 Å². The summed E-state index contributed by atoms with van der Waals surface area (Å²) >= 11 is 0. The fourth-order valence-corrected chi connectivity index (χ4v) is 2.55. The maximum atomic E-state index is 9.54. The minimum atomic E-state index is 0.223. The topological polar surface area (TPSA) is 32.3 Å². The van der Waals surface area contributed by atoms with Crippen molar-refractivity contribution in [2.75, 3.05) is 0 Å². The van der Waals surface area contributed by atoms with Crippen molar-refractivity contribution in [1.82, 2.24) is 5.32 Å². The maximum absolute atomic E-state index is 9.54. The number of hydrogen-bond donors (Lipinski definition) is 2. The summed E-state index contributed by atoms with van der Waals surface area (Å²) in [4.78, 5) is 0. The molecule has 0 saturated carbocycles. The first-order valence-corrected chi connectivity index (χ1v) is 7.15. The van der Waals surface area contributed by atoms with Gasteiger partial charge in [-0.15, -0.1) is 0 Å². The lowest BCUT2D eigenvalue weighted by atomic mass is 10.0. The van der Waals surface area contributed by atoms with Crippen LogP contribution in [0, 0.1) is 6.92 Å². The van der Waals surface area contributed by atoms with E-state index in [1.807, 2.05) is 18.2 Å². The van der Waals surface area contributed by atoms with Crippen molar-refractivity contribution in [2.24, 2.45) is 0 Å². The van der Waals surface area contributed by atoms with E-state index in [-0.39, 0.29) is 6.04 Å². The van der Waals surface area contributed by atoms with Gasteiger partial charge in [-0.1, -0.05) is 36.4 Å². The van der Waals surface area contributed by atoms with E-state index >= 15 is 0 Å². The molecule has 0 aliphatic carbocycles. The van der Waals surface area contributed by atoms with Crippen LogP contribution in [0.4, 0.5) is 0 Å². The van der Waals surface area contributed by atoms with Crippen LogP contribution in [0.15, 0.2) is 48.5 Å². The average Bonchev–Trinajstić information content (AvgIpc) is 2.41. The highest BCUT2D eigenvalue weighted by atomic mass is 16.3. The summed E-state index contributed by atoms with van der Waals surface area (Å²) in [6.07, 6.45) is 1.01. The number of phenols is 1. The van der Waals surface area contributed by atoms with Crippen LogP contribution >= 0.6 is 0 Å². The Hall–Kier alpha value is -1.80. The van der Waals surface area contributed by atoms with Gasteiger partial charge in [0.2, 0.25) is 0 Å². The fourth-order valence-electron chi connectivity index (χ4n) is 2.55. The number of nitrogens with one attached hydrogen (secondary N) is 1. The summed E-state index contributed by atoms with van der Waals surface area (Å²) in [5.41, 5.74) is 3.84. The highest BCUT2D eigenvalue weighted by Crippen LogP contribution is 2.19. The third kappa shape index (κ3) is 3.84. The van der Waals surface area contributed by atoms with Crippen LogP contribution in [-0.2, 0) is 6.42 Å². The number of aromatic hydroxyl groups is 1. The monoisotopic (exact) mass is 269 g/mol. The quantitative estimate of drug-likeness (QED) is 0.860. The molecule has 2 unspecified atom stereocenters. The SMILES string of the molecule is Cc1ccccc1CC(C)NC(C)c1cccc(O)c1. The average molecular weight is 269 g/mol. The van der Waals surface area contributed by atoms with E-state index in [0.29, 0.717) is 11.8 Å². The van der Waals surface area contributed by atoms with Crippen molar-refractivity contribution in [1.29, 1.82) is 0 Å². The van der Waals surface area contributed by atoms with E-state index in [1.54, 1.807) is 6.07 Å². The van der Waals surface area contributed by atoms with Gasteiger partial charge in [0.1, 0.15) is 5.75 Å². The van der Waals surface area contributed by atoms with Gasteiger partial charge in [-0.25, -0.2) is 0 Å². The molecule has 0 heterocycles. The third-order valence-corrected chi connectivity index (χ3v) is 3.69. The van der Waals surface area contributed by atoms with Gasteiger partial charge in [0.25, 0.3) is 0 Å². The highest BCUT2D eigenvalue weighted by molar-refractivity contribution is 5.29. The summed E-state index contributed by atoms with van der Waals surface area (Å²) in [6.45, 7) is 6.48. The minimum absolute atomic E-state index is 0.223. The standard InChI is InChI=1S/C18H23NO/c1-13-7-4-5-8-16(13)11-14(2)19-15(3)17-9-6-10-18(20)12-17/h4-10,12,14-15,19-20H,11H2,1-3H3. The number of rotatable bonds is 5. The molecular weight excluding hydrogens is 246 g/mol. The second-order valence-electron chi connectivity index (χ2n) is 5.51. The molecule has 0 aromatic heterocycles. The molecule has 2 aromatic rings. The molecule has 2 nitrogen and oxygen atoms in total. The number of phenolic OH excluding ortho intramolecular Hbond substituents is 1. The van der Waals surface area contributed by atoms with Crippen molar-refractivity contribution in [3.05, 3.63) is 65.2 Å². The van der Waals surface area contributed by atoms with E-state index in [2.05, 4.69) is 50.4 Å². The Labute approximate surface area is 121 Å². The Bertz CT molecular complexity index is 565. The number of benzene rings is 2. The van der Waals surface area contributed by atoms with Gasteiger partial charge < -0.3 is 10.4 Å². The lowest BCUT2D eigenvalue weighted by Gasteiger charge is -2.21. The van der Waals surface area contributed by atoms with Gasteiger partial charge in [-0.2, -0.15) is 0 Å². The van der Waals surface area contributed by atoms with E-state index < -0.39 is 0 Å². The second-order valence-corrected chi connectivity index (χ2v) is 5.51. The minimum Gasteiger partial charge on any atom is -0.508 e. The largest absolute Gasteiger partial charge is 0.508 e. The lowest BCUT2D eigenvalue weighted by Crippen LogP contribution is -2.30. The van der Waals surface area contributed by atoms with Crippen LogP contribution in [-0.4, -0.2) is 11.1 Å². The van der Waals surface area contributed by atoms with E-state index in [9.17, 15) is 5.11 Å². The molecule has 2 heteroatoms. The molecule has 2 atom stereocenters. The molecular formula is C18H23NO. The van der Waals surface area contributed by atoms with Crippen LogP contribution in [0.3, 0.4) is 0 Å². The third-order valence-electron chi connectivity index (χ3n) is 3.69. The summed E-state index contributed by atoms with van der Waals surface area (Å²) < 4.78 is 0. The molecule has 0 saturated heterocycles. The molecule has 0 radical (unpaired) electrons. The van der Waals surface area contributed by atoms with Crippen molar-refractivity contribution in [3.8, 4) is 5.75 Å². The van der Waals surface area contributed by atoms with Crippen LogP contribution in [0.25, 0.3) is 0 Å². The van der Waals surface area contributed by atoms with E-state index in [0.717, 1.165) is 12.0 Å². The van der Waals surface area contributed by atoms with Crippen LogP contribution in [0.5, 0.6) is 5.75 Å². The van der Waals surface area contributed by atoms with Gasteiger partial charge in [-0.05, 0) is 56.0 Å². The zero-order valence-corrected chi connectivity index (χ0v) is 12.4. The summed E-state index contributed by atoms with van der Waals surface area (Å²) in [7, 11) is 0. The first-order chi connectivity index (χ1) is 9.56. The van der Waals surface area contributed by atoms with Gasteiger partial charge in [0.05, 0.1) is 0 Å². The molecule has 20 heavy (non-hydrogen) atoms. The predicted octanol–water partition coefficient (Wildman–Crippen LogP) is 3.98. The summed E-state index contributed by atoms with van der Waals surface area (Å²) in [6, 6.07) is 16.6. The Kier molecular flexibility index (Phi) is 4.80. The Morgan fingerprint density at radius 1 is 1.05 bits per heavy atom. The zero-order chi connectivity index (χ0) is 14.5. The maximum Gasteiger partial charge on any atom is 0.115 e. The van der Waals surface area contributed by atoms with Crippen molar-refractivity contribution in [3.63, 3.8) is 0 Å². The van der Waals surface area contributed by atoms with Gasteiger partial charge in [-0.3, -0.25) is 0 Å². The predicted molar refractivity (Wildman–Crippen MR) is 84.0 cm³/mol. The molecule has 2 aromatic carbocycles. The van der Waals surface area contributed by atoms with E-state index in [1.165, 1.54) is 11.1 Å². The van der Waals surface area contributed by atoms with Gasteiger partial charge >= 0.3 is 0 Å². The fraction of sp³-hybridized carbons (Fsp3) is 0.333. The summed E-state index contributed by atoms with van der Waals surface area (Å²) in [5, 5.41) is 13.1. The smallest absolute Gasteiger partial charge is 0.115 e. The molecule has 0 aliphatic heterocycles. The molecule has 0 amide bonds. The van der Waals surface area contributed by atoms with E-state index in [4.69, 9.17) is 0 Å². The first kappa shape index (κ1) is 14.6. The Morgan fingerprint density at radius 2 is 1.80 bits per heavy atom. The van der Waals surface area contributed by atoms with Crippen LogP contribution in [0.2, 0.25) is 0 Å². The number of aryl methyl sites for hydroxylation is 1.